The third-order valence-electron chi connectivity index (χ3n) is 4.10. The Balaban J connectivity index is 1.82. The van der Waals surface area contributed by atoms with Gasteiger partial charge in [0, 0.05) is 6.08 Å². The fourth-order valence-corrected chi connectivity index (χ4v) is 3.59. The number of carbonyl (C=O) groups excluding carboxylic acids is 3. The summed E-state index contributed by atoms with van der Waals surface area (Å²) >= 11 is 0.662. The minimum absolute atomic E-state index is 0.0625. The lowest BCUT2D eigenvalue weighted by Crippen LogP contribution is -2.35. The Morgan fingerprint density at radius 1 is 1.29 bits per heavy atom. The van der Waals surface area contributed by atoms with E-state index in [1.807, 2.05) is 0 Å². The molecule has 0 unspecified atom stereocenters. The van der Waals surface area contributed by atoms with E-state index in [0.29, 0.717) is 17.5 Å². The number of methoxy groups -OCH3 is 1. The van der Waals surface area contributed by atoms with E-state index >= 15 is 0 Å². The van der Waals surface area contributed by atoms with Crippen LogP contribution >= 0.6 is 11.8 Å². The largest absolute Gasteiger partial charge is 0.497 e. The van der Waals surface area contributed by atoms with E-state index in [0.717, 1.165) is 4.90 Å². The lowest BCUT2D eigenvalue weighted by atomic mass is 10.1. The normalized spacial score (nSPS) is 15.1. The third kappa shape index (κ3) is 4.94. The number of amides is 2. The highest BCUT2D eigenvalue weighted by molar-refractivity contribution is 8.18. The molecule has 0 saturated carbocycles. The molecule has 0 radical (unpaired) electrons. The van der Waals surface area contributed by atoms with E-state index < -0.39 is 28.6 Å². The predicted molar refractivity (Wildman–Crippen MR) is 111 cm³/mol. The number of rotatable bonds is 7. The molecule has 31 heavy (non-hydrogen) atoms. The van der Waals surface area contributed by atoms with Gasteiger partial charge in [0.15, 0.2) is 0 Å². The molecule has 0 bridgehead atoms. The van der Waals surface area contributed by atoms with Crippen LogP contribution in [0, 0.1) is 10.1 Å². The first-order chi connectivity index (χ1) is 14.7. The SMILES string of the molecule is COc1ccc(-c2ccc(/C=C3/SC(=O)N(CC(=O)OC(C)C)C3=O)o2)c([N+](=O)[O-])c1. The molecule has 2 heterocycles. The summed E-state index contributed by atoms with van der Waals surface area (Å²) in [5.74, 6) is -0.586. The van der Waals surface area contributed by atoms with Crippen LogP contribution in [0.1, 0.15) is 19.6 Å². The number of esters is 1. The summed E-state index contributed by atoms with van der Waals surface area (Å²) < 4.78 is 15.6. The van der Waals surface area contributed by atoms with Crippen molar-refractivity contribution in [1.82, 2.24) is 4.90 Å². The molecule has 1 aromatic heterocycles. The lowest BCUT2D eigenvalue weighted by molar-refractivity contribution is -0.384. The van der Waals surface area contributed by atoms with Crippen LogP contribution in [0.5, 0.6) is 5.75 Å². The quantitative estimate of drug-likeness (QED) is 0.269. The van der Waals surface area contributed by atoms with Gasteiger partial charge in [-0.1, -0.05) is 0 Å². The minimum Gasteiger partial charge on any atom is -0.497 e. The van der Waals surface area contributed by atoms with Crippen LogP contribution in [0.3, 0.4) is 0 Å². The standard InChI is InChI=1S/C20H18N2O8S/c1-11(2)29-18(23)10-21-19(24)17(31-20(21)25)9-13-5-7-16(30-13)14-6-4-12(28-3)8-15(14)22(26)27/h4-9,11H,10H2,1-3H3/b17-9+. The minimum atomic E-state index is -0.689. The summed E-state index contributed by atoms with van der Waals surface area (Å²) in [5, 5.41) is 10.8. The van der Waals surface area contributed by atoms with Crippen molar-refractivity contribution >= 4 is 40.6 Å². The molecular weight excluding hydrogens is 428 g/mol. The summed E-state index contributed by atoms with van der Waals surface area (Å²) in [6, 6.07) is 7.37. The second-order valence-electron chi connectivity index (χ2n) is 6.65. The highest BCUT2D eigenvalue weighted by Gasteiger charge is 2.37. The molecule has 0 N–H and O–H groups in total. The topological polar surface area (TPSA) is 129 Å². The number of carbonyl (C=O) groups is 3. The van der Waals surface area contributed by atoms with Crippen LogP contribution in [-0.4, -0.2) is 46.7 Å². The zero-order chi connectivity index (χ0) is 22.7. The Kier molecular flexibility index (Phi) is 6.44. The molecule has 2 aromatic rings. The molecule has 1 fully saturated rings. The van der Waals surface area contributed by atoms with Gasteiger partial charge < -0.3 is 13.9 Å². The number of hydrogen-bond acceptors (Lipinski definition) is 9. The molecule has 0 spiro atoms. The number of ether oxygens (including phenoxy) is 2. The van der Waals surface area contributed by atoms with E-state index in [4.69, 9.17) is 13.9 Å². The van der Waals surface area contributed by atoms with Crippen molar-refractivity contribution in [3.63, 3.8) is 0 Å². The number of hydrogen-bond donors (Lipinski definition) is 0. The Morgan fingerprint density at radius 2 is 2.03 bits per heavy atom. The van der Waals surface area contributed by atoms with Crippen LogP contribution in [0.4, 0.5) is 10.5 Å². The van der Waals surface area contributed by atoms with Gasteiger partial charge in [-0.15, -0.1) is 0 Å². The van der Waals surface area contributed by atoms with Crippen molar-refractivity contribution in [3.8, 4) is 17.1 Å². The van der Waals surface area contributed by atoms with Crippen LogP contribution < -0.4 is 4.74 Å². The molecule has 0 aliphatic carbocycles. The average molecular weight is 446 g/mol. The van der Waals surface area contributed by atoms with E-state index in [9.17, 15) is 24.5 Å². The summed E-state index contributed by atoms with van der Waals surface area (Å²) in [7, 11) is 1.40. The fraction of sp³-hybridized carbons (Fsp3) is 0.250. The maximum absolute atomic E-state index is 12.5. The highest BCUT2D eigenvalue weighted by Crippen LogP contribution is 2.36. The number of benzene rings is 1. The number of furan rings is 1. The lowest BCUT2D eigenvalue weighted by Gasteiger charge is -2.13. The second kappa shape index (κ2) is 9.04. The van der Waals surface area contributed by atoms with Gasteiger partial charge in [-0.3, -0.25) is 29.4 Å². The van der Waals surface area contributed by atoms with Crippen molar-refractivity contribution in [2.45, 2.75) is 20.0 Å². The molecule has 162 valence electrons. The monoisotopic (exact) mass is 446 g/mol. The molecule has 0 atom stereocenters. The van der Waals surface area contributed by atoms with Gasteiger partial charge in [-0.25, -0.2) is 0 Å². The first kappa shape index (κ1) is 22.1. The maximum atomic E-state index is 12.5. The molecule has 2 amide bonds. The van der Waals surface area contributed by atoms with Gasteiger partial charge in [-0.05, 0) is 49.9 Å². The third-order valence-corrected chi connectivity index (χ3v) is 5.00. The van der Waals surface area contributed by atoms with E-state index in [1.165, 1.54) is 37.5 Å². The van der Waals surface area contributed by atoms with E-state index in [-0.39, 0.29) is 33.8 Å². The van der Waals surface area contributed by atoms with Crippen molar-refractivity contribution in [2.75, 3.05) is 13.7 Å². The molecule has 10 nitrogen and oxygen atoms in total. The molecule has 1 aromatic carbocycles. The summed E-state index contributed by atoms with van der Waals surface area (Å²) in [6.45, 7) is 2.84. The molecular formula is C20H18N2O8S. The van der Waals surface area contributed by atoms with Gasteiger partial charge in [0.05, 0.1) is 34.7 Å². The van der Waals surface area contributed by atoms with Crippen molar-refractivity contribution in [1.29, 1.82) is 0 Å². The van der Waals surface area contributed by atoms with Crippen LogP contribution in [0.15, 0.2) is 39.7 Å². The van der Waals surface area contributed by atoms with Crippen LogP contribution in [0.25, 0.3) is 17.4 Å². The van der Waals surface area contributed by atoms with Gasteiger partial charge in [-0.2, -0.15) is 0 Å². The molecule has 3 rings (SSSR count). The molecule has 11 heteroatoms. The van der Waals surface area contributed by atoms with Crippen molar-refractivity contribution in [3.05, 3.63) is 51.1 Å². The van der Waals surface area contributed by atoms with Crippen molar-refractivity contribution in [2.24, 2.45) is 0 Å². The van der Waals surface area contributed by atoms with E-state index in [2.05, 4.69) is 0 Å². The van der Waals surface area contributed by atoms with Gasteiger partial charge >= 0.3 is 5.97 Å². The van der Waals surface area contributed by atoms with Gasteiger partial charge in [0.1, 0.15) is 23.8 Å². The number of nitro benzene ring substituents is 1. The Labute approximate surface area is 180 Å². The number of nitrogens with zero attached hydrogens (tertiary/aromatic N) is 2. The molecule has 1 aliphatic heterocycles. The van der Waals surface area contributed by atoms with E-state index in [1.54, 1.807) is 19.9 Å². The second-order valence-corrected chi connectivity index (χ2v) is 7.64. The zero-order valence-corrected chi connectivity index (χ0v) is 17.6. The number of imide groups is 1. The summed E-state index contributed by atoms with van der Waals surface area (Å²) in [6.07, 6.45) is 0.976. The Hall–Kier alpha value is -3.60. The van der Waals surface area contributed by atoms with Gasteiger partial charge in [0.2, 0.25) is 0 Å². The Bertz CT molecular complexity index is 1090. The first-order valence-electron chi connectivity index (χ1n) is 9.07. The predicted octanol–water partition coefficient (Wildman–Crippen LogP) is 3.85. The molecule has 1 aliphatic rings. The van der Waals surface area contributed by atoms with Crippen molar-refractivity contribution < 1.29 is 33.2 Å². The first-order valence-corrected chi connectivity index (χ1v) is 9.88. The number of thioether (sulfide) groups is 1. The zero-order valence-electron chi connectivity index (χ0n) is 16.8. The summed E-state index contributed by atoms with van der Waals surface area (Å²) in [4.78, 5) is 48.1. The maximum Gasteiger partial charge on any atom is 0.326 e. The smallest absolute Gasteiger partial charge is 0.326 e. The fourth-order valence-electron chi connectivity index (χ4n) is 2.77. The molecule has 1 saturated heterocycles. The number of nitro groups is 1. The van der Waals surface area contributed by atoms with Gasteiger partial charge in [0.25, 0.3) is 16.8 Å². The Morgan fingerprint density at radius 3 is 2.68 bits per heavy atom. The van der Waals surface area contributed by atoms with Crippen LogP contribution in [-0.2, 0) is 14.3 Å². The van der Waals surface area contributed by atoms with Crippen LogP contribution in [0.2, 0.25) is 0 Å². The average Bonchev–Trinajstić information content (AvgIpc) is 3.27. The summed E-state index contributed by atoms with van der Waals surface area (Å²) in [5.41, 5.74) is 0.0271. The highest BCUT2D eigenvalue weighted by atomic mass is 32.2.